The maximum Gasteiger partial charge on any atom is 0.275 e. The standard InChI is InChI=1S/C15H11Cl4N3O3/c1-6-4-7(25-5-9(20)23)2-3-8(6)21-15(24)13-11(17)10(16)12(18)14(19)22-13/h2-4H,5H2,1H3,(H2,20,23)(H,21,24). The summed E-state index contributed by atoms with van der Waals surface area (Å²) in [7, 11) is 0. The Kier molecular flexibility index (Phi) is 6.35. The number of rotatable bonds is 5. The lowest BCUT2D eigenvalue weighted by Crippen LogP contribution is -2.20. The van der Waals surface area contributed by atoms with Crippen molar-refractivity contribution >= 4 is 63.9 Å². The zero-order valence-corrected chi connectivity index (χ0v) is 15.7. The number of primary amides is 1. The van der Waals surface area contributed by atoms with Gasteiger partial charge in [-0.1, -0.05) is 46.4 Å². The molecule has 132 valence electrons. The molecule has 2 aromatic rings. The van der Waals surface area contributed by atoms with Crippen LogP contribution >= 0.6 is 46.4 Å². The number of pyridine rings is 1. The fourth-order valence-electron chi connectivity index (χ4n) is 1.84. The van der Waals surface area contributed by atoms with E-state index in [1.165, 1.54) is 0 Å². The predicted molar refractivity (Wildman–Crippen MR) is 98.1 cm³/mol. The van der Waals surface area contributed by atoms with Gasteiger partial charge in [-0.2, -0.15) is 0 Å². The van der Waals surface area contributed by atoms with Gasteiger partial charge in [0.05, 0.1) is 15.1 Å². The highest BCUT2D eigenvalue weighted by Gasteiger charge is 2.20. The van der Waals surface area contributed by atoms with Crippen molar-refractivity contribution in [3.8, 4) is 5.75 Å². The molecule has 0 aliphatic heterocycles. The second kappa shape index (κ2) is 8.10. The molecular weight excluding hydrogens is 412 g/mol. The second-order valence-corrected chi connectivity index (χ2v) is 6.37. The maximum absolute atomic E-state index is 12.4. The number of carbonyl (C=O) groups excluding carboxylic acids is 2. The van der Waals surface area contributed by atoms with Crippen LogP contribution in [0.25, 0.3) is 0 Å². The first-order chi connectivity index (χ1) is 11.7. The van der Waals surface area contributed by atoms with Gasteiger partial charge in [0.1, 0.15) is 16.6 Å². The van der Waals surface area contributed by atoms with Crippen LogP contribution in [0.5, 0.6) is 5.75 Å². The maximum atomic E-state index is 12.4. The quantitative estimate of drug-likeness (QED) is 0.708. The van der Waals surface area contributed by atoms with Crippen LogP contribution in [0.1, 0.15) is 16.1 Å². The van der Waals surface area contributed by atoms with E-state index in [2.05, 4.69) is 10.3 Å². The highest BCUT2D eigenvalue weighted by atomic mass is 35.5. The summed E-state index contributed by atoms with van der Waals surface area (Å²) in [6.07, 6.45) is 0. The van der Waals surface area contributed by atoms with Crippen LogP contribution in [0.2, 0.25) is 20.2 Å². The molecule has 2 amide bonds. The largest absolute Gasteiger partial charge is 0.484 e. The third kappa shape index (κ3) is 4.67. The van der Waals surface area contributed by atoms with Crippen molar-refractivity contribution in [2.45, 2.75) is 6.92 Å². The number of hydrogen-bond donors (Lipinski definition) is 2. The van der Waals surface area contributed by atoms with E-state index in [-0.39, 0.29) is 32.5 Å². The number of halogens is 4. The van der Waals surface area contributed by atoms with E-state index in [9.17, 15) is 9.59 Å². The zero-order chi connectivity index (χ0) is 18.7. The summed E-state index contributed by atoms with van der Waals surface area (Å²) in [5.74, 6) is -0.769. The number of aromatic nitrogens is 1. The van der Waals surface area contributed by atoms with Crippen LogP contribution in [0, 0.1) is 6.92 Å². The van der Waals surface area contributed by atoms with Crippen LogP contribution in [0.4, 0.5) is 5.69 Å². The van der Waals surface area contributed by atoms with Crippen molar-refractivity contribution in [2.75, 3.05) is 11.9 Å². The summed E-state index contributed by atoms with van der Waals surface area (Å²) in [6, 6.07) is 4.80. The molecule has 25 heavy (non-hydrogen) atoms. The number of hydrogen-bond acceptors (Lipinski definition) is 4. The fraction of sp³-hybridized carbons (Fsp3) is 0.133. The molecule has 0 unspecified atom stereocenters. The minimum atomic E-state index is -0.612. The number of nitrogens with one attached hydrogen (secondary N) is 1. The van der Waals surface area contributed by atoms with Gasteiger partial charge >= 0.3 is 0 Å². The summed E-state index contributed by atoms with van der Waals surface area (Å²) >= 11 is 23.6. The van der Waals surface area contributed by atoms with Gasteiger partial charge in [0, 0.05) is 5.69 Å². The van der Waals surface area contributed by atoms with Crippen LogP contribution in [-0.4, -0.2) is 23.4 Å². The lowest BCUT2D eigenvalue weighted by atomic mass is 10.2. The Morgan fingerprint density at radius 2 is 1.84 bits per heavy atom. The van der Waals surface area contributed by atoms with Crippen molar-refractivity contribution in [1.82, 2.24) is 4.98 Å². The number of aryl methyl sites for hydroxylation is 1. The van der Waals surface area contributed by atoms with E-state index in [1.54, 1.807) is 25.1 Å². The molecule has 1 aromatic carbocycles. The fourth-order valence-corrected chi connectivity index (χ4v) is 2.65. The number of carbonyl (C=O) groups is 2. The predicted octanol–water partition coefficient (Wildman–Crippen LogP) is 4.12. The Morgan fingerprint density at radius 3 is 2.44 bits per heavy atom. The Bertz CT molecular complexity index is 858. The molecule has 10 heteroatoms. The first kappa shape index (κ1) is 19.6. The third-order valence-corrected chi connectivity index (χ3v) is 4.70. The summed E-state index contributed by atoms with van der Waals surface area (Å²) in [5.41, 5.74) is 6.02. The number of anilines is 1. The smallest absolute Gasteiger partial charge is 0.275 e. The van der Waals surface area contributed by atoms with Gasteiger partial charge in [0.2, 0.25) is 0 Å². The molecule has 3 N–H and O–H groups in total. The first-order valence-electron chi connectivity index (χ1n) is 6.73. The normalized spacial score (nSPS) is 10.4. The average Bonchev–Trinajstić information content (AvgIpc) is 2.56. The molecule has 0 aliphatic carbocycles. The van der Waals surface area contributed by atoms with Gasteiger partial charge in [0.25, 0.3) is 11.8 Å². The molecule has 0 saturated carbocycles. The van der Waals surface area contributed by atoms with Crippen LogP contribution in [0.3, 0.4) is 0 Å². The average molecular weight is 423 g/mol. The van der Waals surface area contributed by atoms with Gasteiger partial charge < -0.3 is 15.8 Å². The summed E-state index contributed by atoms with van der Waals surface area (Å²) in [5, 5.41) is 2.32. The topological polar surface area (TPSA) is 94.3 Å². The van der Waals surface area contributed by atoms with Gasteiger partial charge in [-0.3, -0.25) is 9.59 Å². The molecule has 6 nitrogen and oxygen atoms in total. The van der Waals surface area contributed by atoms with Crippen molar-refractivity contribution in [3.63, 3.8) is 0 Å². The van der Waals surface area contributed by atoms with Crippen molar-refractivity contribution in [3.05, 3.63) is 49.7 Å². The number of ether oxygens (including phenoxy) is 1. The number of nitrogens with zero attached hydrogens (tertiary/aromatic N) is 1. The van der Waals surface area contributed by atoms with Gasteiger partial charge in [-0.15, -0.1) is 0 Å². The van der Waals surface area contributed by atoms with Crippen molar-refractivity contribution in [1.29, 1.82) is 0 Å². The molecule has 2 rings (SSSR count). The molecule has 0 fully saturated rings. The second-order valence-electron chi connectivity index (χ2n) is 4.88. The molecule has 0 bridgehead atoms. The van der Waals surface area contributed by atoms with Gasteiger partial charge in [0.15, 0.2) is 6.61 Å². The third-order valence-electron chi connectivity index (χ3n) is 3.03. The molecular formula is C15H11Cl4N3O3. The number of benzene rings is 1. The van der Waals surface area contributed by atoms with Crippen molar-refractivity contribution < 1.29 is 14.3 Å². The Labute approximate surface area is 163 Å². The lowest BCUT2D eigenvalue weighted by molar-refractivity contribution is -0.119. The lowest BCUT2D eigenvalue weighted by Gasteiger charge is -2.12. The minimum absolute atomic E-state index is 0.0305. The van der Waals surface area contributed by atoms with Crippen LogP contribution in [0.15, 0.2) is 18.2 Å². The van der Waals surface area contributed by atoms with Crippen LogP contribution < -0.4 is 15.8 Å². The number of amides is 2. The van der Waals surface area contributed by atoms with Crippen LogP contribution in [-0.2, 0) is 4.79 Å². The summed E-state index contributed by atoms with van der Waals surface area (Å²) in [4.78, 5) is 27.0. The summed E-state index contributed by atoms with van der Waals surface area (Å²) < 4.78 is 5.19. The van der Waals surface area contributed by atoms with E-state index < -0.39 is 11.8 Å². The first-order valence-corrected chi connectivity index (χ1v) is 8.25. The molecule has 0 atom stereocenters. The van der Waals surface area contributed by atoms with E-state index in [4.69, 9.17) is 56.9 Å². The molecule has 1 heterocycles. The highest BCUT2D eigenvalue weighted by Crippen LogP contribution is 2.36. The minimum Gasteiger partial charge on any atom is -0.484 e. The molecule has 0 aliphatic rings. The van der Waals surface area contributed by atoms with E-state index in [0.29, 0.717) is 17.0 Å². The van der Waals surface area contributed by atoms with E-state index in [1.807, 2.05) is 0 Å². The SMILES string of the molecule is Cc1cc(OCC(N)=O)ccc1NC(=O)c1nc(Cl)c(Cl)c(Cl)c1Cl. The Morgan fingerprint density at radius 1 is 1.16 bits per heavy atom. The molecule has 0 radical (unpaired) electrons. The van der Waals surface area contributed by atoms with E-state index >= 15 is 0 Å². The Balaban J connectivity index is 2.23. The number of nitrogens with two attached hydrogens (primary N) is 1. The zero-order valence-electron chi connectivity index (χ0n) is 12.7. The molecule has 0 saturated heterocycles. The van der Waals surface area contributed by atoms with Gasteiger partial charge in [-0.05, 0) is 30.7 Å². The monoisotopic (exact) mass is 421 g/mol. The Hall–Kier alpha value is -1.73. The molecule has 1 aromatic heterocycles. The van der Waals surface area contributed by atoms with E-state index in [0.717, 1.165) is 0 Å². The highest BCUT2D eigenvalue weighted by molar-refractivity contribution is 6.52. The summed E-state index contributed by atoms with van der Waals surface area (Å²) in [6.45, 7) is 1.50. The van der Waals surface area contributed by atoms with Crippen molar-refractivity contribution in [2.24, 2.45) is 5.73 Å². The molecule has 0 spiro atoms. The van der Waals surface area contributed by atoms with Gasteiger partial charge in [-0.25, -0.2) is 4.98 Å².